The van der Waals surface area contributed by atoms with Gasteiger partial charge >= 0.3 is 12.1 Å². The van der Waals surface area contributed by atoms with Crippen LogP contribution in [0.4, 0.5) is 18.9 Å². The van der Waals surface area contributed by atoms with E-state index < -0.39 is 47.7 Å². The lowest BCUT2D eigenvalue weighted by Gasteiger charge is -2.14. The van der Waals surface area contributed by atoms with E-state index in [-0.39, 0.29) is 44.2 Å². The molecule has 0 unspecified atom stereocenters. The highest BCUT2D eigenvalue weighted by Gasteiger charge is 2.41. The summed E-state index contributed by atoms with van der Waals surface area (Å²) >= 11 is 24.1. The van der Waals surface area contributed by atoms with Crippen molar-refractivity contribution in [3.63, 3.8) is 0 Å². The third kappa shape index (κ3) is 6.49. The molecular formula is C23H17Cl4F3N2O5. The van der Waals surface area contributed by atoms with E-state index in [1.54, 1.807) is 0 Å². The SMILES string of the molecule is O=C(COC(=O)CCCCCN1C(=O)c2c(Cl)c(Cl)c(Cl)c(Cl)c2C1=O)Nc1ccccc1C(F)(F)F. The fourth-order valence-electron chi connectivity index (χ4n) is 3.56. The molecule has 0 radical (unpaired) electrons. The number of halogens is 7. The highest BCUT2D eigenvalue weighted by atomic mass is 35.5. The smallest absolute Gasteiger partial charge is 0.418 e. The van der Waals surface area contributed by atoms with Gasteiger partial charge < -0.3 is 10.1 Å². The Morgan fingerprint density at radius 2 is 1.43 bits per heavy atom. The Bertz CT molecular complexity index is 1220. The zero-order valence-electron chi connectivity index (χ0n) is 18.7. The first-order chi connectivity index (χ1) is 17.3. The second kappa shape index (κ2) is 11.9. The number of amides is 3. The van der Waals surface area contributed by atoms with Gasteiger partial charge in [-0.15, -0.1) is 0 Å². The van der Waals surface area contributed by atoms with Crippen molar-refractivity contribution < 1.29 is 37.1 Å². The van der Waals surface area contributed by atoms with E-state index in [9.17, 15) is 32.3 Å². The predicted molar refractivity (Wildman–Crippen MR) is 131 cm³/mol. The van der Waals surface area contributed by atoms with Crippen LogP contribution in [0.3, 0.4) is 0 Å². The number of unbranched alkanes of at least 4 members (excludes halogenated alkanes) is 2. The van der Waals surface area contributed by atoms with Crippen LogP contribution in [0.25, 0.3) is 0 Å². The molecule has 0 spiro atoms. The maximum Gasteiger partial charge on any atom is 0.418 e. The Labute approximate surface area is 228 Å². The summed E-state index contributed by atoms with van der Waals surface area (Å²) in [6, 6.07) is 4.41. The molecule has 0 saturated carbocycles. The minimum Gasteiger partial charge on any atom is -0.456 e. The third-order valence-electron chi connectivity index (χ3n) is 5.32. The molecule has 1 aliphatic rings. The van der Waals surface area contributed by atoms with Gasteiger partial charge in [-0.25, -0.2) is 0 Å². The number of fused-ring (bicyclic) bond motifs is 1. The number of hydrogen-bond donors (Lipinski definition) is 1. The van der Waals surface area contributed by atoms with Gasteiger partial charge in [-0.1, -0.05) is 65.0 Å². The molecule has 0 aliphatic carbocycles. The van der Waals surface area contributed by atoms with Crippen LogP contribution in [0, 0.1) is 0 Å². The highest BCUT2D eigenvalue weighted by Crippen LogP contribution is 2.44. The van der Waals surface area contributed by atoms with Crippen molar-refractivity contribution >= 4 is 75.8 Å². The van der Waals surface area contributed by atoms with E-state index in [2.05, 4.69) is 5.32 Å². The molecule has 2 aromatic carbocycles. The van der Waals surface area contributed by atoms with Crippen LogP contribution in [0.15, 0.2) is 24.3 Å². The van der Waals surface area contributed by atoms with Gasteiger partial charge in [0.1, 0.15) is 0 Å². The second-order valence-electron chi connectivity index (χ2n) is 7.83. The number of para-hydroxylation sites is 1. The first kappa shape index (κ1) is 29.0. The van der Waals surface area contributed by atoms with Gasteiger partial charge in [0, 0.05) is 13.0 Å². The van der Waals surface area contributed by atoms with Crippen LogP contribution >= 0.6 is 46.4 Å². The molecule has 0 bridgehead atoms. The average Bonchev–Trinajstić information content (AvgIpc) is 3.09. The summed E-state index contributed by atoms with van der Waals surface area (Å²) in [5.74, 6) is -2.98. The first-order valence-corrected chi connectivity index (χ1v) is 12.2. The van der Waals surface area contributed by atoms with Crippen molar-refractivity contribution in [2.45, 2.75) is 31.9 Å². The normalized spacial score (nSPS) is 13.1. The zero-order chi connectivity index (χ0) is 27.5. The largest absolute Gasteiger partial charge is 0.456 e. The third-order valence-corrected chi connectivity index (χ3v) is 7.12. The van der Waals surface area contributed by atoms with Crippen molar-refractivity contribution in [2.24, 2.45) is 0 Å². The molecule has 0 saturated heterocycles. The number of anilines is 1. The minimum absolute atomic E-state index is 0.0182. The molecule has 3 amide bonds. The summed E-state index contributed by atoms with van der Waals surface area (Å²) in [6.45, 7) is -0.739. The van der Waals surface area contributed by atoms with Crippen LogP contribution in [0.1, 0.15) is 52.0 Å². The molecule has 1 N–H and O–H groups in total. The minimum atomic E-state index is -4.66. The van der Waals surface area contributed by atoms with Gasteiger partial charge in [0.05, 0.1) is 42.5 Å². The number of carbonyl (C=O) groups excluding carboxylic acids is 4. The molecule has 1 aliphatic heterocycles. The quantitative estimate of drug-likeness (QED) is 0.114. The predicted octanol–water partition coefficient (Wildman–Crippen LogP) is 6.66. The topological polar surface area (TPSA) is 92.8 Å². The van der Waals surface area contributed by atoms with Crippen LogP contribution in [-0.4, -0.2) is 41.7 Å². The monoisotopic (exact) mass is 598 g/mol. The number of hydrogen-bond acceptors (Lipinski definition) is 5. The number of benzene rings is 2. The molecule has 14 heteroatoms. The number of imide groups is 1. The van der Waals surface area contributed by atoms with Gasteiger partial charge in [0.2, 0.25) is 0 Å². The zero-order valence-corrected chi connectivity index (χ0v) is 21.7. The maximum absolute atomic E-state index is 13.0. The Balaban J connectivity index is 1.42. The van der Waals surface area contributed by atoms with Crippen LogP contribution in [0.2, 0.25) is 20.1 Å². The molecule has 0 fully saturated rings. The van der Waals surface area contributed by atoms with Crippen LogP contribution in [-0.2, 0) is 20.5 Å². The molecule has 7 nitrogen and oxygen atoms in total. The Morgan fingerprint density at radius 1 is 0.865 bits per heavy atom. The highest BCUT2D eigenvalue weighted by molar-refractivity contribution is 6.55. The number of nitrogens with one attached hydrogen (secondary N) is 1. The van der Waals surface area contributed by atoms with Crippen molar-refractivity contribution in [3.05, 3.63) is 61.0 Å². The van der Waals surface area contributed by atoms with Gasteiger partial charge in [0.15, 0.2) is 6.61 Å². The fourth-order valence-corrected chi connectivity index (χ4v) is 4.57. The molecule has 0 atom stereocenters. The second-order valence-corrected chi connectivity index (χ2v) is 9.34. The van der Waals surface area contributed by atoms with Crippen molar-refractivity contribution in [2.75, 3.05) is 18.5 Å². The van der Waals surface area contributed by atoms with E-state index in [0.717, 1.165) is 17.0 Å². The van der Waals surface area contributed by atoms with Gasteiger partial charge in [-0.2, -0.15) is 13.2 Å². The number of carbonyl (C=O) groups is 4. The average molecular weight is 600 g/mol. The van der Waals surface area contributed by atoms with Gasteiger partial charge in [0.25, 0.3) is 17.7 Å². The van der Waals surface area contributed by atoms with E-state index >= 15 is 0 Å². The summed E-state index contributed by atoms with van der Waals surface area (Å²) in [5, 5.41) is 1.47. The number of nitrogens with zero attached hydrogens (tertiary/aromatic N) is 1. The summed E-state index contributed by atoms with van der Waals surface area (Å²) in [4.78, 5) is 50.1. The van der Waals surface area contributed by atoms with Gasteiger partial charge in [-0.05, 0) is 25.0 Å². The van der Waals surface area contributed by atoms with Crippen molar-refractivity contribution in [1.82, 2.24) is 4.90 Å². The molecule has 37 heavy (non-hydrogen) atoms. The number of alkyl halides is 3. The Kier molecular flexibility index (Phi) is 9.33. The van der Waals surface area contributed by atoms with Crippen LogP contribution < -0.4 is 5.32 Å². The Hall–Kier alpha value is -2.53. The maximum atomic E-state index is 13.0. The molecular weight excluding hydrogens is 583 g/mol. The number of rotatable bonds is 9. The number of esters is 1. The first-order valence-electron chi connectivity index (χ1n) is 10.7. The van der Waals surface area contributed by atoms with E-state index in [4.69, 9.17) is 51.1 Å². The fraction of sp³-hybridized carbons (Fsp3) is 0.304. The molecule has 3 rings (SSSR count). The molecule has 0 aromatic heterocycles. The van der Waals surface area contributed by atoms with Crippen LogP contribution in [0.5, 0.6) is 0 Å². The standard InChI is InChI=1S/C23H17Cl4F3N2O5/c24-17-15-16(18(25)20(27)19(17)26)22(36)32(21(15)35)9-5-1-2-8-14(34)37-10-13(33)31-12-7-4-3-6-11(12)23(28,29)30/h3-4,6-7H,1-2,5,8-10H2,(H,31,33). The van der Waals surface area contributed by atoms with Gasteiger partial charge in [-0.3, -0.25) is 24.1 Å². The summed E-state index contributed by atoms with van der Waals surface area (Å²) in [6.07, 6.45) is -3.69. The summed E-state index contributed by atoms with van der Waals surface area (Å²) < 4.78 is 43.8. The van der Waals surface area contributed by atoms with E-state index in [0.29, 0.717) is 19.3 Å². The van der Waals surface area contributed by atoms with Crippen molar-refractivity contribution in [3.8, 4) is 0 Å². The van der Waals surface area contributed by atoms with E-state index in [1.807, 2.05) is 0 Å². The van der Waals surface area contributed by atoms with Crippen molar-refractivity contribution in [1.29, 1.82) is 0 Å². The lowest BCUT2D eigenvalue weighted by Crippen LogP contribution is -2.30. The lowest BCUT2D eigenvalue weighted by molar-refractivity contribution is -0.147. The van der Waals surface area contributed by atoms with E-state index in [1.165, 1.54) is 12.1 Å². The summed E-state index contributed by atoms with van der Waals surface area (Å²) in [7, 11) is 0. The molecule has 1 heterocycles. The lowest BCUT2D eigenvalue weighted by atomic mass is 10.1. The molecule has 2 aromatic rings. The number of ether oxygens (including phenoxy) is 1. The summed E-state index contributed by atoms with van der Waals surface area (Å²) in [5.41, 5.74) is -1.71. The molecule has 198 valence electrons. The Morgan fingerprint density at radius 3 is 2.00 bits per heavy atom.